The molecule has 0 radical (unpaired) electrons. The van der Waals surface area contributed by atoms with E-state index in [0.29, 0.717) is 35.5 Å². The highest BCUT2D eigenvalue weighted by molar-refractivity contribution is 7.93. The number of hydrogen-bond acceptors (Lipinski definition) is 4. The molecular formula is C18H22N2O4S2. The lowest BCUT2D eigenvalue weighted by Crippen LogP contribution is -2.25. The Morgan fingerprint density at radius 1 is 1.00 bits per heavy atom. The van der Waals surface area contributed by atoms with Crippen LogP contribution < -0.4 is 9.03 Å². The molecule has 0 aromatic heterocycles. The minimum Gasteiger partial charge on any atom is -0.279 e. The van der Waals surface area contributed by atoms with Crippen LogP contribution in [-0.4, -0.2) is 29.1 Å². The van der Waals surface area contributed by atoms with Crippen LogP contribution in [0.1, 0.15) is 23.1 Å². The van der Waals surface area contributed by atoms with E-state index in [1.165, 1.54) is 4.31 Å². The molecular weight excluding hydrogens is 372 g/mol. The van der Waals surface area contributed by atoms with Gasteiger partial charge >= 0.3 is 0 Å². The maximum Gasteiger partial charge on any atom is 0.262 e. The SMILES string of the molecule is Cc1ccc(C)c(S(=O)(=O)Nc2ccc(N3CCCS3(=O)=O)cc2C)c1. The van der Waals surface area contributed by atoms with Gasteiger partial charge in [-0.25, -0.2) is 16.8 Å². The van der Waals surface area contributed by atoms with Crippen LogP contribution in [0.3, 0.4) is 0 Å². The Morgan fingerprint density at radius 2 is 1.73 bits per heavy atom. The molecule has 1 fully saturated rings. The summed E-state index contributed by atoms with van der Waals surface area (Å²) in [6.07, 6.45) is 0.600. The van der Waals surface area contributed by atoms with E-state index in [0.717, 1.165) is 5.56 Å². The third-order valence-electron chi connectivity index (χ3n) is 4.47. The van der Waals surface area contributed by atoms with Gasteiger partial charge in [0, 0.05) is 6.54 Å². The van der Waals surface area contributed by atoms with Crippen molar-refractivity contribution in [2.45, 2.75) is 32.1 Å². The first kappa shape index (κ1) is 18.7. The van der Waals surface area contributed by atoms with Crippen molar-refractivity contribution < 1.29 is 16.8 Å². The fourth-order valence-electron chi connectivity index (χ4n) is 3.04. The molecule has 0 unspecified atom stereocenters. The maximum absolute atomic E-state index is 12.8. The Kier molecular flexibility index (Phi) is 4.74. The summed E-state index contributed by atoms with van der Waals surface area (Å²) in [4.78, 5) is 0.239. The molecule has 2 aromatic carbocycles. The second kappa shape index (κ2) is 6.59. The zero-order valence-electron chi connectivity index (χ0n) is 15.0. The molecule has 1 aliphatic heterocycles. The number of nitrogens with zero attached hydrogens (tertiary/aromatic N) is 1. The standard InChI is InChI=1S/C18H22N2O4S2/c1-13-5-6-14(2)18(11-13)26(23,24)19-17-8-7-16(12-15(17)3)20-9-4-10-25(20,21)22/h5-8,11-12,19H,4,9-10H2,1-3H3. The largest absolute Gasteiger partial charge is 0.279 e. The highest BCUT2D eigenvalue weighted by Crippen LogP contribution is 2.29. The van der Waals surface area contributed by atoms with E-state index in [-0.39, 0.29) is 10.6 Å². The van der Waals surface area contributed by atoms with Crippen molar-refractivity contribution in [3.05, 3.63) is 53.1 Å². The van der Waals surface area contributed by atoms with Gasteiger partial charge in [-0.3, -0.25) is 9.03 Å². The van der Waals surface area contributed by atoms with Crippen LogP contribution in [0.5, 0.6) is 0 Å². The van der Waals surface area contributed by atoms with E-state index in [4.69, 9.17) is 0 Å². The zero-order valence-corrected chi connectivity index (χ0v) is 16.6. The molecule has 1 saturated heterocycles. The topological polar surface area (TPSA) is 83.6 Å². The van der Waals surface area contributed by atoms with Crippen molar-refractivity contribution in [3.8, 4) is 0 Å². The Hall–Kier alpha value is -2.06. The Labute approximate surface area is 155 Å². The Balaban J connectivity index is 1.92. The van der Waals surface area contributed by atoms with Gasteiger partial charge in [0.05, 0.1) is 22.0 Å². The fourth-order valence-corrected chi connectivity index (χ4v) is 6.06. The maximum atomic E-state index is 12.8. The zero-order chi connectivity index (χ0) is 19.1. The average molecular weight is 395 g/mol. The number of benzene rings is 2. The van der Waals surface area contributed by atoms with Gasteiger partial charge in [-0.05, 0) is 68.1 Å². The van der Waals surface area contributed by atoms with Crippen molar-refractivity contribution in [2.75, 3.05) is 21.3 Å². The summed E-state index contributed by atoms with van der Waals surface area (Å²) in [5.74, 6) is 0.146. The molecule has 0 amide bonds. The predicted octanol–water partition coefficient (Wildman–Crippen LogP) is 2.95. The molecule has 1 N–H and O–H groups in total. The molecule has 1 aliphatic rings. The van der Waals surface area contributed by atoms with E-state index in [1.807, 2.05) is 13.0 Å². The van der Waals surface area contributed by atoms with Crippen molar-refractivity contribution in [1.29, 1.82) is 0 Å². The molecule has 0 spiro atoms. The highest BCUT2D eigenvalue weighted by Gasteiger charge is 2.28. The molecule has 0 saturated carbocycles. The van der Waals surface area contributed by atoms with Crippen LogP contribution in [0.25, 0.3) is 0 Å². The third kappa shape index (κ3) is 3.57. The third-order valence-corrected chi connectivity index (χ3v) is 7.85. The van der Waals surface area contributed by atoms with E-state index < -0.39 is 20.0 Å². The number of hydrogen-bond donors (Lipinski definition) is 1. The number of sulfonamides is 2. The molecule has 6 nitrogen and oxygen atoms in total. The summed E-state index contributed by atoms with van der Waals surface area (Å²) in [6, 6.07) is 10.2. The van der Waals surface area contributed by atoms with Gasteiger partial charge in [0.1, 0.15) is 0 Å². The second-order valence-corrected chi connectivity index (χ2v) is 10.3. The Bertz CT molecular complexity index is 1060. The van der Waals surface area contributed by atoms with Crippen LogP contribution in [0.2, 0.25) is 0 Å². The quantitative estimate of drug-likeness (QED) is 0.864. The molecule has 140 valence electrons. The van der Waals surface area contributed by atoms with Gasteiger partial charge in [0.25, 0.3) is 10.0 Å². The van der Waals surface area contributed by atoms with Crippen molar-refractivity contribution >= 4 is 31.4 Å². The summed E-state index contributed by atoms with van der Waals surface area (Å²) < 4.78 is 53.6. The van der Waals surface area contributed by atoms with Gasteiger partial charge < -0.3 is 0 Å². The van der Waals surface area contributed by atoms with Gasteiger partial charge in [-0.1, -0.05) is 12.1 Å². The molecule has 0 atom stereocenters. The van der Waals surface area contributed by atoms with Crippen molar-refractivity contribution in [2.24, 2.45) is 0 Å². The average Bonchev–Trinajstić information content (AvgIpc) is 2.91. The van der Waals surface area contributed by atoms with Crippen LogP contribution in [0.4, 0.5) is 11.4 Å². The summed E-state index contributed by atoms with van der Waals surface area (Å²) in [7, 11) is -6.99. The highest BCUT2D eigenvalue weighted by atomic mass is 32.2. The summed E-state index contributed by atoms with van der Waals surface area (Å²) in [5, 5.41) is 0. The fraction of sp³-hybridized carbons (Fsp3) is 0.333. The number of rotatable bonds is 4. The smallest absolute Gasteiger partial charge is 0.262 e. The molecule has 0 bridgehead atoms. The molecule has 3 rings (SSSR count). The van der Waals surface area contributed by atoms with E-state index in [9.17, 15) is 16.8 Å². The molecule has 1 heterocycles. The minimum absolute atomic E-state index is 0.146. The first-order valence-electron chi connectivity index (χ1n) is 8.31. The van der Waals surface area contributed by atoms with Crippen LogP contribution in [-0.2, 0) is 20.0 Å². The lowest BCUT2D eigenvalue weighted by molar-refractivity contribution is 0.598. The number of anilines is 2. The number of aryl methyl sites for hydroxylation is 3. The number of nitrogens with one attached hydrogen (secondary N) is 1. The van der Waals surface area contributed by atoms with E-state index >= 15 is 0 Å². The van der Waals surface area contributed by atoms with Crippen LogP contribution in [0.15, 0.2) is 41.3 Å². The summed E-state index contributed by atoms with van der Waals surface area (Å²) in [5.41, 5.74) is 3.20. The Morgan fingerprint density at radius 3 is 2.35 bits per heavy atom. The lowest BCUT2D eigenvalue weighted by Gasteiger charge is -2.19. The second-order valence-electron chi connectivity index (χ2n) is 6.62. The van der Waals surface area contributed by atoms with Gasteiger partial charge in [0.2, 0.25) is 10.0 Å². The minimum atomic E-state index is -3.73. The van der Waals surface area contributed by atoms with Gasteiger partial charge in [0.15, 0.2) is 0 Å². The first-order chi connectivity index (χ1) is 12.1. The molecule has 0 aliphatic carbocycles. The molecule has 26 heavy (non-hydrogen) atoms. The van der Waals surface area contributed by atoms with E-state index in [1.54, 1.807) is 44.2 Å². The molecule has 8 heteroatoms. The van der Waals surface area contributed by atoms with Gasteiger partial charge in [-0.2, -0.15) is 0 Å². The summed E-state index contributed by atoms with van der Waals surface area (Å²) in [6.45, 7) is 5.81. The molecule has 2 aromatic rings. The predicted molar refractivity (Wildman–Crippen MR) is 104 cm³/mol. The first-order valence-corrected chi connectivity index (χ1v) is 11.4. The van der Waals surface area contributed by atoms with Crippen LogP contribution >= 0.6 is 0 Å². The monoisotopic (exact) mass is 394 g/mol. The lowest BCUT2D eigenvalue weighted by atomic mass is 10.2. The van der Waals surface area contributed by atoms with Gasteiger partial charge in [-0.15, -0.1) is 0 Å². The summed E-state index contributed by atoms with van der Waals surface area (Å²) >= 11 is 0. The normalized spacial score (nSPS) is 16.7. The van der Waals surface area contributed by atoms with Crippen molar-refractivity contribution in [3.63, 3.8) is 0 Å². The van der Waals surface area contributed by atoms with Crippen LogP contribution in [0, 0.1) is 20.8 Å². The van der Waals surface area contributed by atoms with Crippen molar-refractivity contribution in [1.82, 2.24) is 0 Å². The van der Waals surface area contributed by atoms with E-state index in [2.05, 4.69) is 4.72 Å².